The number of halogens is 3. The monoisotopic (exact) mass is 270 g/mol. The Balaban J connectivity index is 2.51. The number of nitrogens with one attached hydrogen (secondary N) is 1. The first kappa shape index (κ1) is 15.2. The average molecular weight is 270 g/mol. The molecule has 5 nitrogen and oxygen atoms in total. The lowest BCUT2D eigenvalue weighted by molar-refractivity contribution is -0.144. The van der Waals surface area contributed by atoms with Crippen LogP contribution >= 0.6 is 0 Å². The Labute approximate surface area is 103 Å². The van der Waals surface area contributed by atoms with Crippen molar-refractivity contribution in [2.24, 2.45) is 11.8 Å². The third-order valence-electron chi connectivity index (χ3n) is 3.14. The number of nitrogens with zero attached hydrogens (tertiary/aromatic N) is 1. The lowest BCUT2D eigenvalue weighted by Gasteiger charge is -2.24. The highest BCUT2D eigenvalue weighted by molar-refractivity contribution is 5.71. The van der Waals surface area contributed by atoms with Crippen LogP contribution in [0.5, 0.6) is 0 Å². The van der Waals surface area contributed by atoms with Crippen LogP contribution in [-0.4, -0.2) is 53.2 Å². The number of hydrogen-bond donors (Lipinski definition) is 3. The summed E-state index contributed by atoms with van der Waals surface area (Å²) >= 11 is 0. The molecule has 1 aliphatic rings. The molecular formula is C10H17F3N2O3. The standard InChI is InChI=1S/C10H17F3N2O3/c1-2-6-3-15(4-7(6)8(16)17)9(18)14-5-10(11,12)13/h6-7,9,14,18H,2-5H2,1H3,(H,16,17)/t6-,7?,9?/m1/s1. The molecule has 0 bridgehead atoms. The smallest absolute Gasteiger partial charge is 0.401 e. The third kappa shape index (κ3) is 4.11. The molecule has 18 heavy (non-hydrogen) atoms. The van der Waals surface area contributed by atoms with E-state index >= 15 is 0 Å². The van der Waals surface area contributed by atoms with Crippen molar-refractivity contribution in [1.82, 2.24) is 10.2 Å². The molecular weight excluding hydrogens is 253 g/mol. The van der Waals surface area contributed by atoms with Crippen LogP contribution in [0.4, 0.5) is 13.2 Å². The van der Waals surface area contributed by atoms with E-state index in [9.17, 15) is 23.1 Å². The fourth-order valence-electron chi connectivity index (χ4n) is 2.13. The number of carbonyl (C=O) groups is 1. The van der Waals surface area contributed by atoms with Gasteiger partial charge < -0.3 is 10.2 Å². The van der Waals surface area contributed by atoms with Gasteiger partial charge in [-0.15, -0.1) is 0 Å². The lowest BCUT2D eigenvalue weighted by atomic mass is 9.94. The van der Waals surface area contributed by atoms with Crippen LogP contribution < -0.4 is 5.32 Å². The Morgan fingerprint density at radius 1 is 1.50 bits per heavy atom. The van der Waals surface area contributed by atoms with Crippen LogP contribution in [-0.2, 0) is 4.79 Å². The molecule has 0 radical (unpaired) electrons. The highest BCUT2D eigenvalue weighted by atomic mass is 19.4. The highest BCUT2D eigenvalue weighted by Gasteiger charge is 2.39. The lowest BCUT2D eigenvalue weighted by Crippen LogP contribution is -2.48. The summed E-state index contributed by atoms with van der Waals surface area (Å²) in [5.74, 6) is -1.77. The molecule has 2 unspecified atom stereocenters. The third-order valence-corrected chi connectivity index (χ3v) is 3.14. The molecule has 1 fully saturated rings. The predicted octanol–water partition coefficient (Wildman–Crippen LogP) is 0.457. The van der Waals surface area contributed by atoms with Gasteiger partial charge >= 0.3 is 12.1 Å². The topological polar surface area (TPSA) is 72.8 Å². The number of aliphatic hydroxyl groups is 1. The van der Waals surface area contributed by atoms with Crippen molar-refractivity contribution in [3.63, 3.8) is 0 Å². The normalized spacial score (nSPS) is 27.4. The highest BCUT2D eigenvalue weighted by Crippen LogP contribution is 2.27. The zero-order valence-corrected chi connectivity index (χ0v) is 9.94. The molecule has 8 heteroatoms. The minimum Gasteiger partial charge on any atom is -0.481 e. The summed E-state index contributed by atoms with van der Waals surface area (Å²) in [6, 6.07) is 0. The summed E-state index contributed by atoms with van der Waals surface area (Å²) in [5, 5.41) is 20.4. The van der Waals surface area contributed by atoms with Gasteiger partial charge in [0, 0.05) is 13.1 Å². The van der Waals surface area contributed by atoms with Gasteiger partial charge in [0.15, 0.2) is 6.35 Å². The minimum atomic E-state index is -4.41. The molecule has 1 heterocycles. The first-order valence-corrected chi connectivity index (χ1v) is 5.69. The fourth-order valence-corrected chi connectivity index (χ4v) is 2.13. The second kappa shape index (κ2) is 5.85. The van der Waals surface area contributed by atoms with E-state index in [4.69, 9.17) is 5.11 Å². The molecule has 1 rings (SSSR count). The number of likely N-dealkylation sites (tertiary alicyclic amines) is 1. The van der Waals surface area contributed by atoms with Gasteiger partial charge in [-0.2, -0.15) is 13.2 Å². The van der Waals surface area contributed by atoms with Crippen LogP contribution in [0, 0.1) is 11.8 Å². The molecule has 1 aliphatic heterocycles. The largest absolute Gasteiger partial charge is 0.481 e. The fraction of sp³-hybridized carbons (Fsp3) is 0.900. The summed E-state index contributed by atoms with van der Waals surface area (Å²) in [4.78, 5) is 12.3. The van der Waals surface area contributed by atoms with Crippen molar-refractivity contribution in [3.8, 4) is 0 Å². The van der Waals surface area contributed by atoms with E-state index in [1.807, 2.05) is 12.2 Å². The molecule has 3 atom stereocenters. The van der Waals surface area contributed by atoms with Crippen LogP contribution in [0.2, 0.25) is 0 Å². The number of hydrogen-bond acceptors (Lipinski definition) is 4. The molecule has 0 aliphatic carbocycles. The van der Waals surface area contributed by atoms with Gasteiger partial charge in [-0.05, 0) is 5.92 Å². The number of carboxylic acids is 1. The van der Waals surface area contributed by atoms with E-state index in [0.717, 1.165) is 0 Å². The zero-order chi connectivity index (χ0) is 13.9. The van der Waals surface area contributed by atoms with E-state index in [1.54, 1.807) is 0 Å². The SMILES string of the molecule is CC[C@@H]1CN(C(O)NCC(F)(F)F)CC1C(=O)O. The van der Waals surface area contributed by atoms with E-state index in [-0.39, 0.29) is 19.0 Å². The Hall–Kier alpha value is -0.860. The quantitative estimate of drug-likeness (QED) is 0.633. The second-order valence-corrected chi connectivity index (χ2v) is 4.44. The first-order valence-electron chi connectivity index (χ1n) is 5.69. The van der Waals surface area contributed by atoms with E-state index in [0.29, 0.717) is 6.42 Å². The summed E-state index contributed by atoms with van der Waals surface area (Å²) in [5.41, 5.74) is 0. The summed E-state index contributed by atoms with van der Waals surface area (Å²) in [6.07, 6.45) is -5.26. The summed E-state index contributed by atoms with van der Waals surface area (Å²) in [6.45, 7) is 0.845. The van der Waals surface area contributed by atoms with Gasteiger partial charge in [-0.25, -0.2) is 0 Å². The maximum absolute atomic E-state index is 12.0. The van der Waals surface area contributed by atoms with Gasteiger partial charge in [-0.1, -0.05) is 13.3 Å². The van der Waals surface area contributed by atoms with Crippen molar-refractivity contribution >= 4 is 5.97 Å². The van der Waals surface area contributed by atoms with Crippen LogP contribution in [0.3, 0.4) is 0 Å². The molecule has 0 amide bonds. The number of aliphatic carboxylic acids is 1. The number of rotatable bonds is 5. The van der Waals surface area contributed by atoms with Crippen LogP contribution in [0.25, 0.3) is 0 Å². The van der Waals surface area contributed by atoms with Crippen molar-refractivity contribution < 1.29 is 28.2 Å². The van der Waals surface area contributed by atoms with Crippen LogP contribution in [0.15, 0.2) is 0 Å². The number of aliphatic hydroxyl groups excluding tert-OH is 1. The Morgan fingerprint density at radius 3 is 2.50 bits per heavy atom. The molecule has 0 aromatic heterocycles. The molecule has 0 aromatic carbocycles. The predicted molar refractivity (Wildman–Crippen MR) is 56.5 cm³/mol. The Kier molecular flexibility index (Phi) is 4.94. The Bertz CT molecular complexity index is 299. The van der Waals surface area contributed by atoms with Gasteiger partial charge in [0.2, 0.25) is 0 Å². The van der Waals surface area contributed by atoms with Crippen LogP contribution in [0.1, 0.15) is 13.3 Å². The molecule has 0 saturated carbocycles. The van der Waals surface area contributed by atoms with E-state index in [1.165, 1.54) is 4.90 Å². The molecule has 1 saturated heterocycles. The van der Waals surface area contributed by atoms with Crippen molar-refractivity contribution in [2.75, 3.05) is 19.6 Å². The first-order chi connectivity index (χ1) is 8.24. The Morgan fingerprint density at radius 2 is 2.11 bits per heavy atom. The molecule has 0 spiro atoms. The van der Waals surface area contributed by atoms with Crippen molar-refractivity contribution in [1.29, 1.82) is 0 Å². The van der Waals surface area contributed by atoms with Crippen molar-refractivity contribution in [3.05, 3.63) is 0 Å². The van der Waals surface area contributed by atoms with Gasteiger partial charge in [0.25, 0.3) is 0 Å². The summed E-state index contributed by atoms with van der Waals surface area (Å²) < 4.78 is 35.9. The zero-order valence-electron chi connectivity index (χ0n) is 9.94. The number of carboxylic acid groups (broad SMARTS) is 1. The minimum absolute atomic E-state index is 0.0554. The molecule has 0 aromatic rings. The second-order valence-electron chi connectivity index (χ2n) is 4.44. The van der Waals surface area contributed by atoms with Gasteiger partial charge in [0.05, 0.1) is 12.5 Å². The summed E-state index contributed by atoms with van der Waals surface area (Å²) in [7, 11) is 0. The van der Waals surface area contributed by atoms with E-state index < -0.39 is 31.0 Å². The molecule has 3 N–H and O–H groups in total. The van der Waals surface area contributed by atoms with Gasteiger partial charge in [-0.3, -0.25) is 15.0 Å². The number of alkyl halides is 3. The average Bonchev–Trinajstić information content (AvgIpc) is 2.68. The maximum Gasteiger partial charge on any atom is 0.401 e. The van der Waals surface area contributed by atoms with Crippen molar-refractivity contribution in [2.45, 2.75) is 25.9 Å². The molecule has 106 valence electrons. The maximum atomic E-state index is 12.0. The van der Waals surface area contributed by atoms with E-state index in [2.05, 4.69) is 0 Å². The van der Waals surface area contributed by atoms with Gasteiger partial charge in [0.1, 0.15) is 0 Å².